The molecule has 0 aromatic heterocycles. The minimum absolute atomic E-state index is 0.00158. The summed E-state index contributed by atoms with van der Waals surface area (Å²) >= 11 is 0. The van der Waals surface area contributed by atoms with Gasteiger partial charge >= 0.3 is 12.0 Å². The average Bonchev–Trinajstić information content (AvgIpc) is 2.22. The molecular formula is C12H24N2O3. The molecule has 0 saturated carbocycles. The molecule has 0 aliphatic heterocycles. The Morgan fingerprint density at radius 3 is 2.35 bits per heavy atom. The molecule has 0 rings (SSSR count). The molecule has 0 aliphatic carbocycles. The van der Waals surface area contributed by atoms with Gasteiger partial charge in [0.1, 0.15) is 0 Å². The third-order valence-corrected chi connectivity index (χ3v) is 2.63. The zero-order chi connectivity index (χ0) is 13.4. The van der Waals surface area contributed by atoms with Crippen molar-refractivity contribution in [2.45, 2.75) is 33.6 Å². The van der Waals surface area contributed by atoms with E-state index in [0.29, 0.717) is 19.0 Å². The smallest absolute Gasteiger partial charge is 0.317 e. The lowest BCUT2D eigenvalue weighted by Crippen LogP contribution is -2.40. The Kier molecular flexibility index (Phi) is 7.34. The quantitative estimate of drug-likeness (QED) is 0.717. The van der Waals surface area contributed by atoms with Crippen LogP contribution in [-0.4, -0.2) is 42.1 Å². The van der Waals surface area contributed by atoms with Crippen molar-refractivity contribution in [1.29, 1.82) is 0 Å². The van der Waals surface area contributed by atoms with Crippen molar-refractivity contribution in [1.82, 2.24) is 10.2 Å². The molecule has 0 radical (unpaired) electrons. The van der Waals surface area contributed by atoms with E-state index >= 15 is 0 Å². The van der Waals surface area contributed by atoms with Gasteiger partial charge in [0, 0.05) is 26.6 Å². The zero-order valence-corrected chi connectivity index (χ0v) is 11.2. The molecule has 1 atom stereocenters. The van der Waals surface area contributed by atoms with Gasteiger partial charge in [-0.1, -0.05) is 13.8 Å². The van der Waals surface area contributed by atoms with Crippen molar-refractivity contribution >= 4 is 12.0 Å². The number of urea groups is 1. The molecule has 5 nitrogen and oxygen atoms in total. The summed E-state index contributed by atoms with van der Waals surface area (Å²) in [7, 11) is 1.71. The van der Waals surface area contributed by atoms with E-state index in [9.17, 15) is 9.59 Å². The minimum atomic E-state index is -0.811. The predicted molar refractivity (Wildman–Crippen MR) is 66.9 cm³/mol. The van der Waals surface area contributed by atoms with Crippen molar-refractivity contribution in [3.05, 3.63) is 0 Å². The van der Waals surface area contributed by atoms with Crippen LogP contribution < -0.4 is 5.32 Å². The highest BCUT2D eigenvalue weighted by molar-refractivity contribution is 5.74. The molecule has 2 N–H and O–H groups in total. The normalized spacial score (nSPS) is 12.3. The first kappa shape index (κ1) is 15.7. The molecule has 0 saturated heterocycles. The molecule has 5 heteroatoms. The maximum atomic E-state index is 11.5. The van der Waals surface area contributed by atoms with Crippen LogP contribution in [0.4, 0.5) is 4.79 Å². The third kappa shape index (κ3) is 7.60. The Morgan fingerprint density at radius 2 is 1.94 bits per heavy atom. The summed E-state index contributed by atoms with van der Waals surface area (Å²) in [6.45, 7) is 7.05. The molecule has 0 aliphatic rings. The first-order valence-corrected chi connectivity index (χ1v) is 6.07. The molecule has 100 valence electrons. The van der Waals surface area contributed by atoms with Gasteiger partial charge in [-0.2, -0.15) is 0 Å². The van der Waals surface area contributed by atoms with Crippen molar-refractivity contribution in [3.63, 3.8) is 0 Å². The molecule has 1 unspecified atom stereocenters. The van der Waals surface area contributed by atoms with Gasteiger partial charge in [0.05, 0.1) is 0 Å². The summed E-state index contributed by atoms with van der Waals surface area (Å²) < 4.78 is 0. The molecule has 17 heavy (non-hydrogen) atoms. The summed E-state index contributed by atoms with van der Waals surface area (Å²) in [5, 5.41) is 11.6. The minimum Gasteiger partial charge on any atom is -0.481 e. The van der Waals surface area contributed by atoms with E-state index in [1.54, 1.807) is 11.9 Å². The van der Waals surface area contributed by atoms with Crippen LogP contribution in [-0.2, 0) is 4.79 Å². The molecule has 0 bridgehead atoms. The van der Waals surface area contributed by atoms with Gasteiger partial charge in [0.25, 0.3) is 0 Å². The number of rotatable bonds is 7. The first-order valence-electron chi connectivity index (χ1n) is 6.07. The van der Waals surface area contributed by atoms with Crippen LogP contribution in [0.25, 0.3) is 0 Å². The highest BCUT2D eigenvalue weighted by Crippen LogP contribution is 2.14. The molecule has 0 heterocycles. The topological polar surface area (TPSA) is 69.6 Å². The number of carbonyl (C=O) groups excluding carboxylic acids is 1. The fourth-order valence-corrected chi connectivity index (χ4v) is 1.66. The standard InChI is InChI=1S/C12H24N2O3/c1-5-14(4)12(17)13-8-10(6-9(2)3)7-11(15)16/h9-10H,5-8H2,1-4H3,(H,13,17)(H,15,16). The maximum absolute atomic E-state index is 11.5. The van der Waals surface area contributed by atoms with E-state index < -0.39 is 5.97 Å². The van der Waals surface area contributed by atoms with Gasteiger partial charge < -0.3 is 15.3 Å². The van der Waals surface area contributed by atoms with E-state index in [0.717, 1.165) is 6.42 Å². The van der Waals surface area contributed by atoms with E-state index in [1.165, 1.54) is 0 Å². The number of carbonyl (C=O) groups is 2. The summed E-state index contributed by atoms with van der Waals surface area (Å²) in [5.74, 6) is -0.379. The van der Waals surface area contributed by atoms with E-state index in [4.69, 9.17) is 5.11 Å². The summed E-state index contributed by atoms with van der Waals surface area (Å²) in [6, 6.07) is -0.147. The number of nitrogens with one attached hydrogen (secondary N) is 1. The van der Waals surface area contributed by atoms with Crippen molar-refractivity contribution in [3.8, 4) is 0 Å². The summed E-state index contributed by atoms with van der Waals surface area (Å²) in [6.07, 6.45) is 0.913. The Hall–Kier alpha value is -1.26. The third-order valence-electron chi connectivity index (χ3n) is 2.63. The van der Waals surface area contributed by atoms with Crippen LogP contribution in [0.1, 0.15) is 33.6 Å². The van der Waals surface area contributed by atoms with Gasteiger partial charge in [-0.25, -0.2) is 4.79 Å². The summed E-state index contributed by atoms with van der Waals surface area (Å²) in [5.41, 5.74) is 0. The van der Waals surface area contributed by atoms with Crippen LogP contribution in [0.2, 0.25) is 0 Å². The van der Waals surface area contributed by atoms with Crippen LogP contribution in [0, 0.1) is 11.8 Å². The number of carboxylic acids is 1. The lowest BCUT2D eigenvalue weighted by Gasteiger charge is -2.20. The molecule has 0 spiro atoms. The lowest BCUT2D eigenvalue weighted by molar-refractivity contribution is -0.138. The van der Waals surface area contributed by atoms with Gasteiger partial charge in [0.2, 0.25) is 0 Å². The number of nitrogens with zero attached hydrogens (tertiary/aromatic N) is 1. The van der Waals surface area contributed by atoms with Crippen LogP contribution >= 0.6 is 0 Å². The zero-order valence-electron chi connectivity index (χ0n) is 11.2. The van der Waals surface area contributed by atoms with Gasteiger partial charge in [-0.05, 0) is 25.2 Å². The number of amides is 2. The largest absolute Gasteiger partial charge is 0.481 e. The van der Waals surface area contributed by atoms with Crippen molar-refractivity contribution < 1.29 is 14.7 Å². The lowest BCUT2D eigenvalue weighted by atomic mass is 9.94. The molecular weight excluding hydrogens is 220 g/mol. The number of aliphatic carboxylic acids is 1. The predicted octanol–water partition coefficient (Wildman–Crippen LogP) is 1.78. The Morgan fingerprint density at radius 1 is 1.35 bits per heavy atom. The second-order valence-corrected chi connectivity index (χ2v) is 4.79. The molecule has 0 aromatic rings. The van der Waals surface area contributed by atoms with Crippen LogP contribution in [0.5, 0.6) is 0 Å². The van der Waals surface area contributed by atoms with Gasteiger partial charge in [-0.15, -0.1) is 0 Å². The Labute approximate surface area is 103 Å². The second kappa shape index (κ2) is 7.92. The first-order chi connectivity index (χ1) is 7.86. The fraction of sp³-hybridized carbons (Fsp3) is 0.833. The van der Waals surface area contributed by atoms with Crippen molar-refractivity contribution in [2.24, 2.45) is 11.8 Å². The Bertz CT molecular complexity index is 254. The second-order valence-electron chi connectivity index (χ2n) is 4.79. The van der Waals surface area contributed by atoms with E-state index in [-0.39, 0.29) is 18.4 Å². The van der Waals surface area contributed by atoms with Crippen LogP contribution in [0.15, 0.2) is 0 Å². The van der Waals surface area contributed by atoms with Gasteiger partial charge in [0.15, 0.2) is 0 Å². The Balaban J connectivity index is 4.15. The highest BCUT2D eigenvalue weighted by Gasteiger charge is 2.16. The monoisotopic (exact) mass is 244 g/mol. The van der Waals surface area contributed by atoms with Crippen LogP contribution in [0.3, 0.4) is 0 Å². The molecule has 2 amide bonds. The molecule has 0 fully saturated rings. The van der Waals surface area contributed by atoms with E-state index in [2.05, 4.69) is 19.2 Å². The number of hydrogen-bond acceptors (Lipinski definition) is 2. The average molecular weight is 244 g/mol. The number of hydrogen-bond donors (Lipinski definition) is 2. The highest BCUT2D eigenvalue weighted by atomic mass is 16.4. The van der Waals surface area contributed by atoms with Crippen molar-refractivity contribution in [2.75, 3.05) is 20.1 Å². The van der Waals surface area contributed by atoms with Gasteiger partial charge in [-0.3, -0.25) is 4.79 Å². The number of carboxylic acid groups (broad SMARTS) is 1. The maximum Gasteiger partial charge on any atom is 0.317 e. The SMILES string of the molecule is CCN(C)C(=O)NCC(CC(=O)O)CC(C)C. The summed E-state index contributed by atoms with van der Waals surface area (Å²) in [4.78, 5) is 23.8. The molecule has 0 aromatic carbocycles. The van der Waals surface area contributed by atoms with E-state index in [1.807, 2.05) is 6.92 Å². The fourth-order valence-electron chi connectivity index (χ4n) is 1.66.